The second-order valence-corrected chi connectivity index (χ2v) is 6.66. The van der Waals surface area contributed by atoms with Gasteiger partial charge in [0.25, 0.3) is 5.91 Å². The van der Waals surface area contributed by atoms with Crippen LogP contribution in [0.2, 0.25) is 5.02 Å². The van der Waals surface area contributed by atoms with Crippen LogP contribution in [0.15, 0.2) is 42.5 Å². The zero-order valence-corrected chi connectivity index (χ0v) is 15.6. The number of hydrogen-bond donors (Lipinski definition) is 0. The quantitative estimate of drug-likeness (QED) is 0.770. The molecule has 0 atom stereocenters. The second-order valence-electron chi connectivity index (χ2n) is 6.23. The molecular formula is C20H21ClN2O3. The number of methoxy groups -OCH3 is 1. The van der Waals surface area contributed by atoms with E-state index in [2.05, 4.69) is 4.90 Å². The van der Waals surface area contributed by atoms with Crippen LogP contribution in [0.1, 0.15) is 27.6 Å². The molecule has 0 N–H and O–H groups in total. The molecule has 1 saturated heterocycles. The highest BCUT2D eigenvalue weighted by Crippen LogP contribution is 2.25. The van der Waals surface area contributed by atoms with Gasteiger partial charge in [0, 0.05) is 42.5 Å². The molecule has 1 fully saturated rings. The van der Waals surface area contributed by atoms with E-state index in [0.717, 1.165) is 18.8 Å². The Morgan fingerprint density at radius 3 is 2.23 bits per heavy atom. The molecule has 0 radical (unpaired) electrons. The number of benzene rings is 2. The second kappa shape index (κ2) is 7.79. The first kappa shape index (κ1) is 18.3. The number of ketones is 1. The molecule has 0 aliphatic carbocycles. The summed E-state index contributed by atoms with van der Waals surface area (Å²) in [5.41, 5.74) is 2.25. The smallest absolute Gasteiger partial charge is 0.257 e. The van der Waals surface area contributed by atoms with E-state index in [9.17, 15) is 9.59 Å². The Morgan fingerprint density at radius 1 is 1.00 bits per heavy atom. The summed E-state index contributed by atoms with van der Waals surface area (Å²) in [5.74, 6) is 0.514. The minimum Gasteiger partial charge on any atom is -0.496 e. The molecule has 1 heterocycles. The van der Waals surface area contributed by atoms with Crippen LogP contribution < -0.4 is 9.64 Å². The number of rotatable bonds is 4. The van der Waals surface area contributed by atoms with Crippen molar-refractivity contribution < 1.29 is 14.3 Å². The van der Waals surface area contributed by atoms with Crippen molar-refractivity contribution in [3.63, 3.8) is 0 Å². The Balaban J connectivity index is 1.67. The van der Waals surface area contributed by atoms with Crippen LogP contribution in [0, 0.1) is 0 Å². The van der Waals surface area contributed by atoms with Crippen LogP contribution in [-0.2, 0) is 0 Å². The minimum atomic E-state index is -0.0732. The van der Waals surface area contributed by atoms with Gasteiger partial charge >= 0.3 is 0 Å². The van der Waals surface area contributed by atoms with Crippen molar-refractivity contribution in [2.24, 2.45) is 0 Å². The lowest BCUT2D eigenvalue weighted by atomic mass is 10.1. The van der Waals surface area contributed by atoms with Gasteiger partial charge in [0.05, 0.1) is 12.7 Å². The number of anilines is 1. The lowest BCUT2D eigenvalue weighted by molar-refractivity contribution is 0.0743. The maximum Gasteiger partial charge on any atom is 0.257 e. The number of piperazine rings is 1. The third kappa shape index (κ3) is 3.83. The first-order chi connectivity index (χ1) is 12.5. The summed E-state index contributed by atoms with van der Waals surface area (Å²) in [6.07, 6.45) is 0. The number of ether oxygens (including phenoxy) is 1. The summed E-state index contributed by atoms with van der Waals surface area (Å²) in [7, 11) is 1.54. The standard InChI is InChI=1S/C20H21ClN2O3/c1-14(24)15-3-6-17(7-4-15)22-9-11-23(12-10-22)20(25)18-13-16(21)5-8-19(18)26-2/h3-8,13H,9-12H2,1-2H3. The van der Waals surface area contributed by atoms with Crippen LogP contribution in [0.5, 0.6) is 5.75 Å². The van der Waals surface area contributed by atoms with E-state index in [-0.39, 0.29) is 11.7 Å². The molecular weight excluding hydrogens is 352 g/mol. The van der Waals surface area contributed by atoms with E-state index in [0.29, 0.717) is 35.0 Å². The maximum absolute atomic E-state index is 12.8. The fourth-order valence-electron chi connectivity index (χ4n) is 3.09. The number of halogens is 1. The highest BCUT2D eigenvalue weighted by atomic mass is 35.5. The van der Waals surface area contributed by atoms with E-state index in [4.69, 9.17) is 16.3 Å². The van der Waals surface area contributed by atoms with Crippen molar-refractivity contribution in [2.45, 2.75) is 6.92 Å². The number of amides is 1. The topological polar surface area (TPSA) is 49.9 Å². The monoisotopic (exact) mass is 372 g/mol. The van der Waals surface area contributed by atoms with E-state index >= 15 is 0 Å². The van der Waals surface area contributed by atoms with Crippen molar-refractivity contribution >= 4 is 29.0 Å². The zero-order valence-electron chi connectivity index (χ0n) is 14.9. The predicted molar refractivity (Wildman–Crippen MR) is 103 cm³/mol. The van der Waals surface area contributed by atoms with Crippen LogP contribution >= 0.6 is 11.6 Å². The van der Waals surface area contributed by atoms with Crippen LogP contribution in [0.4, 0.5) is 5.69 Å². The molecule has 136 valence electrons. The van der Waals surface area contributed by atoms with Gasteiger partial charge in [-0.3, -0.25) is 9.59 Å². The Hall–Kier alpha value is -2.53. The van der Waals surface area contributed by atoms with Gasteiger partial charge in [0.15, 0.2) is 5.78 Å². The molecule has 3 rings (SSSR count). The SMILES string of the molecule is COc1ccc(Cl)cc1C(=O)N1CCN(c2ccc(C(C)=O)cc2)CC1. The fourth-order valence-corrected chi connectivity index (χ4v) is 3.26. The number of Topliss-reactive ketones (excluding diaryl/α,β-unsaturated/α-hetero) is 1. The van der Waals surface area contributed by atoms with Crippen LogP contribution in [0.3, 0.4) is 0 Å². The number of carbonyl (C=O) groups is 2. The molecule has 6 heteroatoms. The minimum absolute atomic E-state index is 0.0578. The van der Waals surface area contributed by atoms with Gasteiger partial charge in [-0.25, -0.2) is 0 Å². The summed E-state index contributed by atoms with van der Waals surface area (Å²) in [6.45, 7) is 4.25. The molecule has 0 spiro atoms. The van der Waals surface area contributed by atoms with Crippen molar-refractivity contribution in [3.05, 3.63) is 58.6 Å². The Morgan fingerprint density at radius 2 is 1.65 bits per heavy atom. The largest absolute Gasteiger partial charge is 0.496 e. The summed E-state index contributed by atoms with van der Waals surface area (Å²) < 4.78 is 5.29. The van der Waals surface area contributed by atoms with Gasteiger partial charge in [0.2, 0.25) is 0 Å². The highest BCUT2D eigenvalue weighted by Gasteiger charge is 2.24. The highest BCUT2D eigenvalue weighted by molar-refractivity contribution is 6.31. The Kier molecular flexibility index (Phi) is 5.47. The normalized spacial score (nSPS) is 14.3. The Bertz CT molecular complexity index is 812. The van der Waals surface area contributed by atoms with E-state index in [1.165, 1.54) is 0 Å². The molecule has 0 saturated carbocycles. The predicted octanol–water partition coefficient (Wildman–Crippen LogP) is 3.51. The van der Waals surface area contributed by atoms with Gasteiger partial charge in [-0.05, 0) is 49.4 Å². The average Bonchev–Trinajstić information content (AvgIpc) is 2.67. The van der Waals surface area contributed by atoms with Gasteiger partial charge in [-0.2, -0.15) is 0 Å². The van der Waals surface area contributed by atoms with E-state index < -0.39 is 0 Å². The molecule has 1 amide bonds. The molecule has 26 heavy (non-hydrogen) atoms. The number of carbonyl (C=O) groups excluding carboxylic acids is 2. The molecule has 1 aliphatic rings. The lowest BCUT2D eigenvalue weighted by Crippen LogP contribution is -2.48. The van der Waals surface area contributed by atoms with E-state index in [1.807, 2.05) is 29.2 Å². The Labute approximate surface area is 158 Å². The first-order valence-electron chi connectivity index (χ1n) is 8.48. The molecule has 0 aromatic heterocycles. The summed E-state index contributed by atoms with van der Waals surface area (Å²) in [4.78, 5) is 28.2. The third-order valence-electron chi connectivity index (χ3n) is 4.60. The van der Waals surface area contributed by atoms with Gasteiger partial charge in [-0.15, -0.1) is 0 Å². The molecule has 0 unspecified atom stereocenters. The van der Waals surface area contributed by atoms with Gasteiger partial charge in [0.1, 0.15) is 5.75 Å². The third-order valence-corrected chi connectivity index (χ3v) is 4.83. The maximum atomic E-state index is 12.8. The van der Waals surface area contributed by atoms with Crippen molar-refractivity contribution in [2.75, 3.05) is 38.2 Å². The summed E-state index contributed by atoms with van der Waals surface area (Å²) >= 11 is 6.04. The van der Waals surface area contributed by atoms with Crippen LogP contribution in [-0.4, -0.2) is 49.9 Å². The first-order valence-corrected chi connectivity index (χ1v) is 8.86. The number of nitrogens with zero attached hydrogens (tertiary/aromatic N) is 2. The van der Waals surface area contributed by atoms with Gasteiger partial charge < -0.3 is 14.5 Å². The van der Waals surface area contributed by atoms with E-state index in [1.54, 1.807) is 32.2 Å². The number of hydrogen-bond acceptors (Lipinski definition) is 4. The van der Waals surface area contributed by atoms with Crippen molar-refractivity contribution in [1.29, 1.82) is 0 Å². The van der Waals surface area contributed by atoms with Crippen molar-refractivity contribution in [1.82, 2.24) is 4.90 Å². The molecule has 1 aliphatic heterocycles. The van der Waals surface area contributed by atoms with Gasteiger partial charge in [-0.1, -0.05) is 11.6 Å². The fraction of sp³-hybridized carbons (Fsp3) is 0.300. The van der Waals surface area contributed by atoms with Crippen molar-refractivity contribution in [3.8, 4) is 5.75 Å². The molecule has 2 aromatic carbocycles. The zero-order chi connectivity index (χ0) is 18.7. The lowest BCUT2D eigenvalue weighted by Gasteiger charge is -2.36. The summed E-state index contributed by atoms with van der Waals surface area (Å²) in [6, 6.07) is 12.7. The molecule has 5 nitrogen and oxygen atoms in total. The summed E-state index contributed by atoms with van der Waals surface area (Å²) in [5, 5.41) is 0.512. The average molecular weight is 373 g/mol. The van der Waals surface area contributed by atoms with Crippen LogP contribution in [0.25, 0.3) is 0 Å². The molecule has 2 aromatic rings. The molecule has 0 bridgehead atoms.